The molecule has 1 heterocycles. The van der Waals surface area contributed by atoms with Gasteiger partial charge < -0.3 is 21.1 Å². The molecule has 0 amide bonds. The Morgan fingerprint density at radius 3 is 2.46 bits per heavy atom. The van der Waals surface area contributed by atoms with Gasteiger partial charge in [0.15, 0.2) is 5.69 Å². The summed E-state index contributed by atoms with van der Waals surface area (Å²) < 4.78 is 0.853. The number of aromatic carboxylic acids is 2. The van der Waals surface area contributed by atoms with Gasteiger partial charge in [0.25, 0.3) is 5.56 Å². The molecule has 0 bridgehead atoms. The third-order valence-electron chi connectivity index (χ3n) is 3.85. The number of nitrogens with two attached hydrogens (primary N) is 1. The molecule has 0 fully saturated rings. The number of hydrogen-bond acceptors (Lipinski definition) is 8. The van der Waals surface area contributed by atoms with E-state index in [0.717, 1.165) is 22.8 Å². The topological polar surface area (TPSA) is 191 Å². The highest BCUT2D eigenvalue weighted by atomic mass is 16.4. The maximum Gasteiger partial charge on any atom is 0.337 e. The van der Waals surface area contributed by atoms with Gasteiger partial charge in [-0.05, 0) is 25.1 Å². The van der Waals surface area contributed by atoms with Crippen molar-refractivity contribution in [3.8, 4) is 11.9 Å². The number of benzene rings is 1. The van der Waals surface area contributed by atoms with Gasteiger partial charge in [-0.15, -0.1) is 10.2 Å². The van der Waals surface area contributed by atoms with E-state index in [4.69, 9.17) is 10.8 Å². The molecule has 0 unspecified atom stereocenters. The van der Waals surface area contributed by atoms with Crippen molar-refractivity contribution < 1.29 is 24.9 Å². The number of hydrogen-bond donors (Lipinski definition) is 4. The van der Waals surface area contributed by atoms with Gasteiger partial charge >= 0.3 is 11.9 Å². The van der Waals surface area contributed by atoms with Crippen LogP contribution in [0, 0.1) is 18.3 Å². The zero-order chi connectivity index (χ0) is 21.0. The minimum Gasteiger partial charge on any atom is -0.493 e. The molecule has 28 heavy (non-hydrogen) atoms. The van der Waals surface area contributed by atoms with Crippen LogP contribution < -0.4 is 11.3 Å². The summed E-state index contributed by atoms with van der Waals surface area (Å²) in [6.45, 7) is 1.28. The van der Waals surface area contributed by atoms with Gasteiger partial charge in [-0.3, -0.25) is 9.36 Å². The molecule has 0 radical (unpaired) electrons. The zero-order valence-electron chi connectivity index (χ0n) is 14.6. The minimum absolute atomic E-state index is 0.00178. The molecule has 0 aliphatic carbocycles. The Kier molecular flexibility index (Phi) is 5.87. The van der Waals surface area contributed by atoms with Gasteiger partial charge in [0.2, 0.25) is 5.88 Å². The lowest BCUT2D eigenvalue weighted by molar-refractivity contribution is 0.0682. The molecule has 2 aromatic rings. The molecule has 11 nitrogen and oxygen atoms in total. The van der Waals surface area contributed by atoms with Crippen molar-refractivity contribution in [1.82, 2.24) is 4.57 Å². The van der Waals surface area contributed by atoms with Crippen molar-refractivity contribution >= 4 is 23.3 Å². The number of azo groups is 1. The van der Waals surface area contributed by atoms with Crippen molar-refractivity contribution in [3.63, 3.8) is 0 Å². The van der Waals surface area contributed by atoms with Crippen LogP contribution in [0.1, 0.15) is 31.8 Å². The van der Waals surface area contributed by atoms with Gasteiger partial charge in [-0.25, -0.2) is 9.59 Å². The van der Waals surface area contributed by atoms with Crippen molar-refractivity contribution in [2.75, 3.05) is 6.54 Å². The fourth-order valence-electron chi connectivity index (χ4n) is 2.43. The van der Waals surface area contributed by atoms with Crippen LogP contribution >= 0.6 is 0 Å². The number of rotatable bonds is 6. The predicted octanol–water partition coefficient (Wildman–Crippen LogP) is 1.50. The molecule has 11 heteroatoms. The van der Waals surface area contributed by atoms with Crippen molar-refractivity contribution in [2.24, 2.45) is 16.0 Å². The number of carbonyl (C=O) groups is 2. The average Bonchev–Trinajstić information content (AvgIpc) is 2.65. The van der Waals surface area contributed by atoms with Crippen molar-refractivity contribution in [3.05, 3.63) is 50.8 Å². The van der Waals surface area contributed by atoms with Crippen LogP contribution in [0.25, 0.3) is 0 Å². The Balaban J connectivity index is 2.71. The van der Waals surface area contributed by atoms with Crippen LogP contribution in [-0.4, -0.2) is 38.4 Å². The standard InChI is InChI=1S/C17H15N5O6/c1-8-11(7-19)14(23)22(5-4-18)15(24)13(8)21-20-12-6-9(16(25)26)2-3-10(12)17(27)28/h2-3,6,23H,4-5,18H2,1H3,(H,25,26)(H,27,28). The molecule has 5 N–H and O–H groups in total. The fraction of sp³-hybridized carbons (Fsp3) is 0.176. The van der Waals surface area contributed by atoms with Gasteiger partial charge in [0.05, 0.1) is 11.1 Å². The lowest BCUT2D eigenvalue weighted by atomic mass is 10.1. The second-order valence-electron chi connectivity index (χ2n) is 5.57. The Hall–Kier alpha value is -4.04. The van der Waals surface area contributed by atoms with Gasteiger partial charge in [-0.1, -0.05) is 0 Å². The van der Waals surface area contributed by atoms with E-state index in [2.05, 4.69) is 10.2 Å². The molecule has 0 saturated heterocycles. The van der Waals surface area contributed by atoms with Crippen LogP contribution in [0.5, 0.6) is 5.88 Å². The first-order valence-corrected chi connectivity index (χ1v) is 7.81. The van der Waals surface area contributed by atoms with Crippen LogP contribution in [-0.2, 0) is 6.54 Å². The molecule has 0 saturated carbocycles. The van der Waals surface area contributed by atoms with Crippen molar-refractivity contribution in [2.45, 2.75) is 13.5 Å². The normalized spacial score (nSPS) is 10.8. The average molecular weight is 385 g/mol. The molecule has 0 atom stereocenters. The third-order valence-corrected chi connectivity index (χ3v) is 3.85. The Morgan fingerprint density at radius 2 is 1.93 bits per heavy atom. The van der Waals surface area contributed by atoms with Gasteiger partial charge in [0.1, 0.15) is 17.3 Å². The van der Waals surface area contributed by atoms with Gasteiger partial charge in [0, 0.05) is 18.7 Å². The second kappa shape index (κ2) is 8.11. The number of nitriles is 1. The Morgan fingerprint density at radius 1 is 1.25 bits per heavy atom. The van der Waals surface area contributed by atoms with Crippen LogP contribution in [0.4, 0.5) is 11.4 Å². The molecule has 1 aromatic carbocycles. The quantitative estimate of drug-likeness (QED) is 0.537. The zero-order valence-corrected chi connectivity index (χ0v) is 14.6. The lowest BCUT2D eigenvalue weighted by Crippen LogP contribution is -2.25. The fourth-order valence-corrected chi connectivity index (χ4v) is 2.43. The maximum atomic E-state index is 12.6. The molecule has 2 rings (SSSR count). The molecular weight excluding hydrogens is 370 g/mol. The SMILES string of the molecule is Cc1c(C#N)c(O)n(CCN)c(=O)c1N=Nc1cc(C(=O)O)ccc1C(=O)O. The lowest BCUT2D eigenvalue weighted by Gasteiger charge is -2.12. The van der Waals surface area contributed by atoms with E-state index in [1.807, 2.05) is 0 Å². The van der Waals surface area contributed by atoms with Crippen molar-refractivity contribution in [1.29, 1.82) is 5.26 Å². The molecule has 0 aliphatic rings. The number of nitrogens with zero attached hydrogens (tertiary/aromatic N) is 4. The Labute approximate surface area is 157 Å². The summed E-state index contributed by atoms with van der Waals surface area (Å²) in [5.74, 6) is -3.23. The second-order valence-corrected chi connectivity index (χ2v) is 5.57. The maximum absolute atomic E-state index is 12.6. The smallest absolute Gasteiger partial charge is 0.337 e. The third kappa shape index (κ3) is 3.71. The number of carboxylic acid groups (broad SMARTS) is 2. The number of pyridine rings is 1. The summed E-state index contributed by atoms with van der Waals surface area (Å²) in [6.07, 6.45) is 0. The van der Waals surface area contributed by atoms with E-state index in [1.165, 1.54) is 6.92 Å². The Bertz CT molecular complexity index is 1100. The number of aromatic nitrogens is 1. The minimum atomic E-state index is -1.37. The summed E-state index contributed by atoms with van der Waals surface area (Å²) in [5.41, 5.74) is 3.31. The van der Waals surface area contributed by atoms with E-state index in [9.17, 15) is 29.9 Å². The molecule has 144 valence electrons. The highest BCUT2D eigenvalue weighted by Gasteiger charge is 2.19. The predicted molar refractivity (Wildman–Crippen MR) is 95.4 cm³/mol. The highest BCUT2D eigenvalue weighted by molar-refractivity contribution is 5.96. The largest absolute Gasteiger partial charge is 0.493 e. The molecular formula is C17H15N5O6. The van der Waals surface area contributed by atoms with Crippen LogP contribution in [0.2, 0.25) is 0 Å². The molecule has 0 spiro atoms. The monoisotopic (exact) mass is 385 g/mol. The summed E-state index contributed by atoms with van der Waals surface area (Å²) in [5, 5.41) is 45.1. The van der Waals surface area contributed by atoms with E-state index < -0.39 is 23.4 Å². The first kappa shape index (κ1) is 20.3. The molecule has 1 aromatic heterocycles. The van der Waals surface area contributed by atoms with Crippen LogP contribution in [0.15, 0.2) is 33.2 Å². The van der Waals surface area contributed by atoms with E-state index in [1.54, 1.807) is 6.07 Å². The first-order valence-electron chi connectivity index (χ1n) is 7.81. The van der Waals surface area contributed by atoms with E-state index >= 15 is 0 Å². The summed E-state index contributed by atoms with van der Waals surface area (Å²) in [4.78, 5) is 35.0. The number of aromatic hydroxyl groups is 1. The summed E-state index contributed by atoms with van der Waals surface area (Å²) in [7, 11) is 0. The summed E-state index contributed by atoms with van der Waals surface area (Å²) >= 11 is 0. The van der Waals surface area contributed by atoms with Gasteiger partial charge in [-0.2, -0.15) is 5.26 Å². The highest BCUT2D eigenvalue weighted by Crippen LogP contribution is 2.28. The molecule has 0 aliphatic heterocycles. The van der Waals surface area contributed by atoms with E-state index in [0.29, 0.717) is 0 Å². The first-order chi connectivity index (χ1) is 13.2. The number of carboxylic acids is 2. The van der Waals surface area contributed by atoms with Crippen LogP contribution in [0.3, 0.4) is 0 Å². The summed E-state index contributed by atoms with van der Waals surface area (Å²) in [6, 6.07) is 4.90. The van der Waals surface area contributed by atoms with E-state index in [-0.39, 0.29) is 46.7 Å².